The van der Waals surface area contributed by atoms with Crippen molar-refractivity contribution in [3.05, 3.63) is 71.3 Å². The summed E-state index contributed by atoms with van der Waals surface area (Å²) in [5.41, 5.74) is 8.87. The summed E-state index contributed by atoms with van der Waals surface area (Å²) in [6, 6.07) is 17.7. The fraction of sp³-hybridized carbons (Fsp3) is 0.595. The fourth-order valence-corrected chi connectivity index (χ4v) is 6.92. The maximum atomic E-state index is 14.3. The van der Waals surface area contributed by atoms with Crippen LogP contribution in [0.25, 0.3) is 0 Å². The van der Waals surface area contributed by atoms with Gasteiger partial charge in [0.2, 0.25) is 11.8 Å². The number of piperidine rings is 1. The Morgan fingerprint density at radius 3 is 2.38 bits per heavy atom. The maximum absolute atomic E-state index is 14.3. The van der Waals surface area contributed by atoms with Crippen molar-refractivity contribution in [2.75, 3.05) is 39.3 Å². The van der Waals surface area contributed by atoms with E-state index in [1.807, 2.05) is 47.4 Å². The second-order valence-corrected chi connectivity index (χ2v) is 13.6. The van der Waals surface area contributed by atoms with Crippen LogP contribution in [0.3, 0.4) is 0 Å². The van der Waals surface area contributed by atoms with Gasteiger partial charge < -0.3 is 35.8 Å². The second-order valence-electron chi connectivity index (χ2n) is 13.6. The first-order valence-electron chi connectivity index (χ1n) is 17.7. The lowest BCUT2D eigenvalue weighted by atomic mass is 10.0. The number of carbonyl (C=O) groups is 2. The molecular weight excluding hydrogens is 590 g/mol. The SMILES string of the molecule is CC(C)N[C@H](CCCCN1CCCCC1)C(=O)N1CCN(C2=N[C@@H](C)C(c3ccccc3)O2)C[C@H]1C(=O)NCc1ccc(CN)cc1. The third-order valence-corrected chi connectivity index (χ3v) is 9.57. The largest absolute Gasteiger partial charge is 0.455 e. The summed E-state index contributed by atoms with van der Waals surface area (Å²) < 4.78 is 6.40. The maximum Gasteiger partial charge on any atom is 0.288 e. The van der Waals surface area contributed by atoms with E-state index in [9.17, 15) is 9.59 Å². The molecule has 2 saturated heterocycles. The van der Waals surface area contributed by atoms with Crippen molar-refractivity contribution < 1.29 is 14.3 Å². The summed E-state index contributed by atoms with van der Waals surface area (Å²) in [5.74, 6) is -0.181. The van der Waals surface area contributed by atoms with Crippen LogP contribution >= 0.6 is 0 Å². The van der Waals surface area contributed by atoms with Crippen LogP contribution in [0.15, 0.2) is 59.6 Å². The molecule has 4 N–H and O–H groups in total. The molecule has 10 heteroatoms. The third-order valence-electron chi connectivity index (χ3n) is 9.57. The molecule has 256 valence electrons. The molecule has 0 radical (unpaired) electrons. The van der Waals surface area contributed by atoms with Crippen LogP contribution in [0.2, 0.25) is 0 Å². The molecule has 10 nitrogen and oxygen atoms in total. The number of hydrogen-bond donors (Lipinski definition) is 3. The van der Waals surface area contributed by atoms with Gasteiger partial charge in [0.05, 0.1) is 18.6 Å². The molecule has 0 aromatic heterocycles. The van der Waals surface area contributed by atoms with Crippen molar-refractivity contribution in [2.24, 2.45) is 10.7 Å². The minimum atomic E-state index is -0.679. The van der Waals surface area contributed by atoms with E-state index in [1.165, 1.54) is 32.4 Å². The standard InChI is InChI=1S/C37H55N7O3/c1-27(2)40-32(14-8-11-21-42-19-9-5-10-20-42)36(46)44-23-22-43(37-41-28(3)34(47-37)31-12-6-4-7-13-31)26-33(44)35(45)39-25-30-17-15-29(24-38)16-18-30/h4,6-7,12-13,15-18,27-28,32-34,40H,5,8-11,14,19-26,38H2,1-3H3,(H,39,45)/t28-,32+,33-,34?/m0/s1. The molecule has 3 heterocycles. The van der Waals surface area contributed by atoms with Gasteiger partial charge in [0, 0.05) is 32.2 Å². The monoisotopic (exact) mass is 645 g/mol. The summed E-state index contributed by atoms with van der Waals surface area (Å²) in [7, 11) is 0. The number of nitrogens with two attached hydrogens (primary N) is 1. The first kappa shape index (κ1) is 34.9. The van der Waals surface area contributed by atoms with Crippen molar-refractivity contribution in [1.29, 1.82) is 0 Å². The Kier molecular flexibility index (Phi) is 12.7. The summed E-state index contributed by atoms with van der Waals surface area (Å²) in [6.45, 7) is 11.8. The van der Waals surface area contributed by atoms with Gasteiger partial charge in [-0.25, -0.2) is 4.99 Å². The van der Waals surface area contributed by atoms with Crippen LogP contribution in [0.4, 0.5) is 0 Å². The minimum absolute atomic E-state index is 0.00594. The summed E-state index contributed by atoms with van der Waals surface area (Å²) >= 11 is 0. The predicted molar refractivity (Wildman–Crippen MR) is 187 cm³/mol. The van der Waals surface area contributed by atoms with E-state index in [0.29, 0.717) is 38.7 Å². The number of unbranched alkanes of at least 4 members (excludes halogenated alkanes) is 1. The second kappa shape index (κ2) is 17.1. The molecule has 1 unspecified atom stereocenters. The first-order valence-corrected chi connectivity index (χ1v) is 17.7. The average molecular weight is 646 g/mol. The van der Waals surface area contributed by atoms with Crippen LogP contribution in [-0.2, 0) is 27.4 Å². The summed E-state index contributed by atoms with van der Waals surface area (Å²) in [6.07, 6.45) is 6.51. The van der Waals surface area contributed by atoms with Gasteiger partial charge in [-0.3, -0.25) is 9.59 Å². The highest BCUT2D eigenvalue weighted by molar-refractivity contribution is 5.91. The Bertz CT molecular complexity index is 1310. The molecule has 0 aliphatic carbocycles. The zero-order valence-corrected chi connectivity index (χ0v) is 28.6. The molecule has 4 atom stereocenters. The van der Waals surface area contributed by atoms with Crippen molar-refractivity contribution in [2.45, 2.75) is 103 Å². The zero-order valence-electron chi connectivity index (χ0n) is 28.6. The van der Waals surface area contributed by atoms with Crippen LogP contribution in [0.1, 0.15) is 82.1 Å². The number of amides is 2. The van der Waals surface area contributed by atoms with Crippen LogP contribution in [-0.4, -0.2) is 96.0 Å². The number of nitrogens with one attached hydrogen (secondary N) is 2. The molecule has 0 bridgehead atoms. The molecule has 2 amide bonds. The topological polar surface area (TPSA) is 116 Å². The van der Waals surface area contributed by atoms with Crippen molar-refractivity contribution in [1.82, 2.24) is 25.3 Å². The van der Waals surface area contributed by atoms with Crippen molar-refractivity contribution in [3.8, 4) is 0 Å². The van der Waals surface area contributed by atoms with Gasteiger partial charge in [0.1, 0.15) is 12.1 Å². The number of rotatable bonds is 13. The number of ether oxygens (including phenoxy) is 1. The highest BCUT2D eigenvalue weighted by atomic mass is 16.5. The molecule has 3 aliphatic rings. The number of nitrogens with zero attached hydrogens (tertiary/aromatic N) is 4. The minimum Gasteiger partial charge on any atom is -0.455 e. The van der Waals surface area contributed by atoms with Gasteiger partial charge in [0.25, 0.3) is 6.02 Å². The van der Waals surface area contributed by atoms with E-state index >= 15 is 0 Å². The Balaban J connectivity index is 1.28. The average Bonchev–Trinajstić information content (AvgIpc) is 3.50. The lowest BCUT2D eigenvalue weighted by Crippen LogP contribution is -2.64. The van der Waals surface area contributed by atoms with Crippen molar-refractivity contribution >= 4 is 17.8 Å². The normalized spacial score (nSPS) is 22.6. The van der Waals surface area contributed by atoms with E-state index in [2.05, 4.69) is 48.4 Å². The molecule has 5 rings (SSSR count). The summed E-state index contributed by atoms with van der Waals surface area (Å²) in [5, 5.41) is 6.65. The number of piperazine rings is 1. The van der Waals surface area contributed by atoms with Crippen LogP contribution in [0, 0.1) is 0 Å². The van der Waals surface area contributed by atoms with E-state index in [-0.39, 0.29) is 36.0 Å². The number of hydrogen-bond acceptors (Lipinski definition) is 8. The van der Waals surface area contributed by atoms with Crippen LogP contribution in [0.5, 0.6) is 0 Å². The number of aliphatic imine (C=N–C) groups is 1. The van der Waals surface area contributed by atoms with Crippen LogP contribution < -0.4 is 16.4 Å². The fourth-order valence-electron chi connectivity index (χ4n) is 6.92. The molecule has 47 heavy (non-hydrogen) atoms. The lowest BCUT2D eigenvalue weighted by Gasteiger charge is -2.42. The van der Waals surface area contributed by atoms with E-state index in [4.69, 9.17) is 15.5 Å². The van der Waals surface area contributed by atoms with E-state index < -0.39 is 6.04 Å². The molecule has 2 fully saturated rings. The highest BCUT2D eigenvalue weighted by Gasteiger charge is 2.41. The quantitative estimate of drug-likeness (QED) is 0.284. The van der Waals surface area contributed by atoms with Gasteiger partial charge in [-0.2, -0.15) is 0 Å². The Hall–Kier alpha value is -3.47. The lowest BCUT2D eigenvalue weighted by molar-refractivity contribution is -0.145. The van der Waals surface area contributed by atoms with Gasteiger partial charge >= 0.3 is 0 Å². The predicted octanol–water partition coefficient (Wildman–Crippen LogP) is 3.81. The van der Waals surface area contributed by atoms with Gasteiger partial charge in [-0.15, -0.1) is 0 Å². The van der Waals surface area contributed by atoms with Gasteiger partial charge in [-0.1, -0.05) is 81.3 Å². The van der Waals surface area contributed by atoms with E-state index in [1.54, 1.807) is 4.90 Å². The Morgan fingerprint density at radius 2 is 1.68 bits per heavy atom. The Morgan fingerprint density at radius 1 is 0.957 bits per heavy atom. The van der Waals surface area contributed by atoms with Gasteiger partial charge in [-0.05, 0) is 68.9 Å². The van der Waals surface area contributed by atoms with Gasteiger partial charge in [0.15, 0.2) is 0 Å². The van der Waals surface area contributed by atoms with E-state index in [0.717, 1.165) is 42.5 Å². The molecule has 2 aromatic carbocycles. The first-order chi connectivity index (χ1) is 22.8. The third kappa shape index (κ3) is 9.55. The smallest absolute Gasteiger partial charge is 0.288 e. The molecule has 0 saturated carbocycles. The molecule has 3 aliphatic heterocycles. The number of likely N-dealkylation sites (tertiary alicyclic amines) is 1. The zero-order chi connectivity index (χ0) is 33.2. The number of carbonyl (C=O) groups excluding carboxylic acids is 2. The Labute approximate surface area is 281 Å². The number of amidine groups is 1. The summed E-state index contributed by atoms with van der Waals surface area (Å²) in [4.78, 5) is 39.5. The molecule has 0 spiro atoms. The number of benzene rings is 2. The highest BCUT2D eigenvalue weighted by Crippen LogP contribution is 2.30. The molecular formula is C37H55N7O3. The van der Waals surface area contributed by atoms with Crippen molar-refractivity contribution in [3.63, 3.8) is 0 Å². The molecule has 2 aromatic rings.